The number of amides is 1. The average molecular weight is 156 g/mol. The van der Waals surface area contributed by atoms with Crippen molar-refractivity contribution in [3.8, 4) is 0 Å². The van der Waals surface area contributed by atoms with Crippen molar-refractivity contribution < 1.29 is 20.4 Å². The molecule has 0 N–H and O–H groups in total. The van der Waals surface area contributed by atoms with Crippen molar-refractivity contribution in [2.45, 2.75) is 0 Å². The second kappa shape index (κ2) is 4.48. The van der Waals surface area contributed by atoms with Gasteiger partial charge in [0.25, 0.3) is 5.91 Å². The molecule has 0 unspecified atom stereocenters. The lowest BCUT2D eigenvalue weighted by Crippen LogP contribution is -2.33. The van der Waals surface area contributed by atoms with Crippen molar-refractivity contribution in [3.63, 3.8) is 0 Å². The van der Waals surface area contributed by atoms with Crippen LogP contribution < -0.4 is 0 Å². The largest absolute Gasteiger partial charge is 0.542 e. The van der Waals surface area contributed by atoms with Crippen molar-refractivity contribution in [2.24, 2.45) is 0 Å². The minimum absolute atomic E-state index is 0.444. The summed E-state index contributed by atoms with van der Waals surface area (Å²) in [5, 5.41) is 0. The molecule has 0 saturated heterocycles. The maximum absolute atomic E-state index is 10.6. The first kappa shape index (κ1) is 7.78. The maximum atomic E-state index is 10.6. The first-order chi connectivity index (χ1) is 5.49. The Morgan fingerprint density at radius 3 is 2.73 bits per heavy atom. The van der Waals surface area contributed by atoms with Crippen LogP contribution in [0.4, 0.5) is 0 Å². The summed E-state index contributed by atoms with van der Waals surface area (Å²) in [4.78, 5) is 32.0. The standard InChI is InChI=1S/C5H6BNO4/c1-7(4(9)3-8)2-5(10)11-6/h3H,2H2,1H3/i3D. The highest BCUT2D eigenvalue weighted by Gasteiger charge is 2.10. The first-order valence-corrected chi connectivity index (χ1v) is 2.64. The van der Waals surface area contributed by atoms with Crippen LogP contribution in [-0.2, 0) is 19.0 Å². The number of nitrogens with zero attached hydrogens (tertiary/aromatic N) is 1. The molecule has 2 radical (unpaired) electrons. The minimum Gasteiger partial charge on any atom is -0.542 e. The molecule has 0 bridgehead atoms. The molecule has 0 spiro atoms. The lowest BCUT2D eigenvalue weighted by atomic mass is 10.5. The van der Waals surface area contributed by atoms with Crippen molar-refractivity contribution >= 4 is 26.2 Å². The zero-order chi connectivity index (χ0) is 9.72. The summed E-state index contributed by atoms with van der Waals surface area (Å²) < 4.78 is 10.1. The average Bonchev–Trinajstić information content (AvgIpc) is 2.02. The molecule has 6 heteroatoms. The molecule has 0 saturated carbocycles. The Morgan fingerprint density at radius 1 is 1.82 bits per heavy atom. The lowest BCUT2D eigenvalue weighted by Gasteiger charge is -2.11. The molecule has 0 aromatic carbocycles. The van der Waals surface area contributed by atoms with Crippen LogP contribution in [0.1, 0.15) is 1.37 Å². The van der Waals surface area contributed by atoms with Gasteiger partial charge in [-0.05, 0) is 0 Å². The van der Waals surface area contributed by atoms with Gasteiger partial charge >= 0.3 is 14.0 Å². The van der Waals surface area contributed by atoms with Gasteiger partial charge in [-0.15, -0.1) is 0 Å². The van der Waals surface area contributed by atoms with E-state index in [1.165, 1.54) is 7.05 Å². The fourth-order valence-corrected chi connectivity index (χ4v) is 0.381. The molecule has 0 aliphatic carbocycles. The molecule has 0 aromatic rings. The summed E-state index contributed by atoms with van der Waals surface area (Å²) in [6.45, 7) is -0.444. The van der Waals surface area contributed by atoms with Gasteiger partial charge in [-0.25, -0.2) is 0 Å². The monoisotopic (exact) mass is 156 g/mol. The van der Waals surface area contributed by atoms with Gasteiger partial charge in [0.05, 0.1) is 0 Å². The smallest absolute Gasteiger partial charge is 0.378 e. The molecule has 0 aliphatic heterocycles. The summed E-state index contributed by atoms with van der Waals surface area (Å²) in [6, 6.07) is 0. The summed E-state index contributed by atoms with van der Waals surface area (Å²) >= 11 is 0. The van der Waals surface area contributed by atoms with Gasteiger partial charge in [0.1, 0.15) is 7.92 Å². The molecule has 5 nitrogen and oxygen atoms in total. The van der Waals surface area contributed by atoms with Crippen molar-refractivity contribution in [3.05, 3.63) is 0 Å². The molecule has 0 atom stereocenters. The van der Waals surface area contributed by atoms with E-state index in [1.807, 2.05) is 0 Å². The number of likely N-dealkylation sites (N-methyl/N-ethyl adjacent to an activating group) is 1. The fraction of sp³-hybridized carbons (Fsp3) is 0.400. The number of aldehydes is 1. The van der Waals surface area contributed by atoms with E-state index in [4.69, 9.17) is 1.37 Å². The predicted molar refractivity (Wildman–Crippen MR) is 35.5 cm³/mol. The Bertz CT molecular complexity index is 219. The maximum Gasteiger partial charge on any atom is 0.378 e. The minimum atomic E-state index is -1.39. The molecular weight excluding hydrogens is 149 g/mol. The van der Waals surface area contributed by atoms with Crippen LogP contribution in [0.2, 0.25) is 0 Å². The second-order valence-corrected chi connectivity index (χ2v) is 1.75. The highest BCUT2D eigenvalue weighted by molar-refractivity contribution is 6.23. The van der Waals surface area contributed by atoms with Gasteiger partial charge in [-0.1, -0.05) is 0 Å². The van der Waals surface area contributed by atoms with Gasteiger partial charge in [0.15, 0.2) is 0 Å². The molecule has 0 rings (SSSR count). The first-order valence-electron chi connectivity index (χ1n) is 3.14. The van der Waals surface area contributed by atoms with Gasteiger partial charge in [-0.3, -0.25) is 14.4 Å². The Kier molecular flexibility index (Phi) is 3.17. The van der Waals surface area contributed by atoms with Gasteiger partial charge in [-0.2, -0.15) is 0 Å². The van der Waals surface area contributed by atoms with Crippen molar-refractivity contribution in [2.75, 3.05) is 13.6 Å². The Balaban J connectivity index is 4.04. The van der Waals surface area contributed by atoms with E-state index in [2.05, 4.69) is 12.7 Å². The summed E-state index contributed by atoms with van der Waals surface area (Å²) in [7, 11) is 5.66. The van der Waals surface area contributed by atoms with Crippen LogP contribution in [-0.4, -0.2) is 44.7 Å². The summed E-state index contributed by atoms with van der Waals surface area (Å²) in [5.41, 5.74) is 0. The van der Waals surface area contributed by atoms with E-state index < -0.39 is 24.7 Å². The third-order valence-electron chi connectivity index (χ3n) is 0.932. The van der Waals surface area contributed by atoms with Crippen LogP contribution in [0, 0.1) is 0 Å². The number of rotatable bonds is 3. The quantitative estimate of drug-likeness (QED) is 0.276. The molecule has 0 fully saturated rings. The zero-order valence-corrected chi connectivity index (χ0v) is 5.86. The highest BCUT2D eigenvalue weighted by Crippen LogP contribution is 1.82. The van der Waals surface area contributed by atoms with E-state index in [0.29, 0.717) is 0 Å². The van der Waals surface area contributed by atoms with Crippen molar-refractivity contribution in [1.29, 1.82) is 0 Å². The van der Waals surface area contributed by atoms with E-state index in [-0.39, 0.29) is 0 Å². The molecule has 11 heavy (non-hydrogen) atoms. The van der Waals surface area contributed by atoms with Crippen molar-refractivity contribution in [1.82, 2.24) is 4.90 Å². The van der Waals surface area contributed by atoms with Crippen LogP contribution in [0.15, 0.2) is 0 Å². The second-order valence-electron chi connectivity index (χ2n) is 1.75. The third kappa shape index (κ3) is 3.39. The van der Waals surface area contributed by atoms with Crippen LogP contribution in [0.25, 0.3) is 0 Å². The third-order valence-corrected chi connectivity index (χ3v) is 0.932. The Morgan fingerprint density at radius 2 is 2.36 bits per heavy atom. The van der Waals surface area contributed by atoms with E-state index in [0.717, 1.165) is 4.90 Å². The van der Waals surface area contributed by atoms with Gasteiger partial charge in [0, 0.05) is 7.05 Å². The Hall–Kier alpha value is -1.33. The normalized spacial score (nSPS) is 9.73. The fourth-order valence-electron chi connectivity index (χ4n) is 0.381. The Labute approximate surface area is 66.1 Å². The zero-order valence-electron chi connectivity index (χ0n) is 6.86. The van der Waals surface area contributed by atoms with E-state index >= 15 is 0 Å². The van der Waals surface area contributed by atoms with E-state index in [1.54, 1.807) is 0 Å². The highest BCUT2D eigenvalue weighted by atomic mass is 16.5. The topological polar surface area (TPSA) is 63.7 Å². The summed E-state index contributed by atoms with van der Waals surface area (Å²) in [6.07, 6.45) is -1.39. The summed E-state index contributed by atoms with van der Waals surface area (Å²) in [5.74, 6) is -1.94. The number of hydrogen-bond acceptors (Lipinski definition) is 4. The molecule has 0 aliphatic rings. The SMILES string of the molecule is [2H]C(=O)C(=O)N(C)CC(=O)O[B]. The van der Waals surface area contributed by atoms with E-state index in [9.17, 15) is 14.4 Å². The predicted octanol–water partition coefficient (Wildman–Crippen LogP) is -1.73. The molecular formula is C5H6BNO4. The van der Waals surface area contributed by atoms with Gasteiger partial charge < -0.3 is 9.55 Å². The molecule has 0 aromatic heterocycles. The number of hydrogen-bond donors (Lipinski definition) is 0. The number of carbonyl (C=O) groups is 3. The molecule has 1 amide bonds. The van der Waals surface area contributed by atoms with Crippen LogP contribution in [0.5, 0.6) is 0 Å². The van der Waals surface area contributed by atoms with Crippen LogP contribution >= 0.6 is 0 Å². The van der Waals surface area contributed by atoms with Gasteiger partial charge in [0.2, 0.25) is 6.26 Å². The lowest BCUT2D eigenvalue weighted by molar-refractivity contribution is -0.143. The number of carbonyl (C=O) groups excluding carboxylic acids is 3. The molecule has 58 valence electrons. The molecule has 0 heterocycles. The van der Waals surface area contributed by atoms with Crippen LogP contribution in [0.3, 0.4) is 0 Å².